The van der Waals surface area contributed by atoms with Crippen LogP contribution in [0.1, 0.15) is 36.5 Å². The Morgan fingerprint density at radius 1 is 1.28 bits per heavy atom. The predicted octanol–water partition coefficient (Wildman–Crippen LogP) is 2.65. The molecule has 4 heteroatoms. The summed E-state index contributed by atoms with van der Waals surface area (Å²) in [5.74, 6) is 0. The number of ether oxygens (including phenoxy) is 1. The van der Waals surface area contributed by atoms with Crippen LogP contribution in [0.15, 0.2) is 23.3 Å². The summed E-state index contributed by atoms with van der Waals surface area (Å²) in [7, 11) is 1.32. The molecule has 2 rings (SSSR count). The standard InChI is InChI=1S/C14H18N2O2/c1-10(15-16-14(17)18-2)12-8-7-11-5-3-4-6-13(11)9-12/h7-9H,3-6H2,1-2H3,(H,16,17)/b15-10+. The lowest BCUT2D eigenvalue weighted by atomic mass is 9.90. The van der Waals surface area contributed by atoms with E-state index in [1.807, 2.05) is 6.92 Å². The predicted molar refractivity (Wildman–Crippen MR) is 70.8 cm³/mol. The van der Waals surface area contributed by atoms with Crippen LogP contribution in [0.4, 0.5) is 4.79 Å². The van der Waals surface area contributed by atoms with Gasteiger partial charge in [0.05, 0.1) is 12.8 Å². The van der Waals surface area contributed by atoms with E-state index in [4.69, 9.17) is 0 Å². The maximum Gasteiger partial charge on any atom is 0.427 e. The van der Waals surface area contributed by atoms with Crippen molar-refractivity contribution in [3.63, 3.8) is 0 Å². The van der Waals surface area contributed by atoms with Crippen molar-refractivity contribution in [2.24, 2.45) is 5.10 Å². The Bertz CT molecular complexity index is 481. The van der Waals surface area contributed by atoms with E-state index in [1.165, 1.54) is 37.5 Å². The number of rotatable bonds is 2. The van der Waals surface area contributed by atoms with Crippen molar-refractivity contribution in [2.75, 3.05) is 7.11 Å². The molecule has 96 valence electrons. The molecule has 1 aromatic carbocycles. The summed E-state index contributed by atoms with van der Waals surface area (Å²) in [6, 6.07) is 6.40. The highest BCUT2D eigenvalue weighted by molar-refractivity contribution is 5.99. The van der Waals surface area contributed by atoms with Gasteiger partial charge in [0.15, 0.2) is 0 Å². The number of hydrogen-bond donors (Lipinski definition) is 1. The molecule has 0 heterocycles. The third-order valence-electron chi connectivity index (χ3n) is 3.27. The topological polar surface area (TPSA) is 50.7 Å². The van der Waals surface area contributed by atoms with E-state index in [1.54, 1.807) is 0 Å². The molecular formula is C14H18N2O2. The zero-order chi connectivity index (χ0) is 13.0. The van der Waals surface area contributed by atoms with Gasteiger partial charge in [0.2, 0.25) is 0 Å². The summed E-state index contributed by atoms with van der Waals surface area (Å²) >= 11 is 0. The zero-order valence-electron chi connectivity index (χ0n) is 10.8. The third kappa shape index (κ3) is 2.88. The lowest BCUT2D eigenvalue weighted by molar-refractivity contribution is 0.171. The number of nitrogens with zero attached hydrogens (tertiary/aromatic N) is 1. The monoisotopic (exact) mass is 246 g/mol. The molecule has 0 bridgehead atoms. The van der Waals surface area contributed by atoms with Gasteiger partial charge in [-0.1, -0.05) is 12.1 Å². The summed E-state index contributed by atoms with van der Waals surface area (Å²) in [4.78, 5) is 10.9. The smallest absolute Gasteiger partial charge is 0.427 e. The van der Waals surface area contributed by atoms with Gasteiger partial charge in [0.25, 0.3) is 0 Å². The molecule has 1 N–H and O–H groups in total. The van der Waals surface area contributed by atoms with E-state index < -0.39 is 6.09 Å². The lowest BCUT2D eigenvalue weighted by Crippen LogP contribution is -2.18. The van der Waals surface area contributed by atoms with Crippen LogP contribution in [0.2, 0.25) is 0 Å². The minimum atomic E-state index is -0.549. The van der Waals surface area contributed by atoms with Crippen molar-refractivity contribution < 1.29 is 9.53 Å². The van der Waals surface area contributed by atoms with Gasteiger partial charge < -0.3 is 4.74 Å². The lowest BCUT2D eigenvalue weighted by Gasteiger charge is -2.16. The van der Waals surface area contributed by atoms with Crippen molar-refractivity contribution in [1.82, 2.24) is 5.43 Å². The molecule has 1 aliphatic carbocycles. The van der Waals surface area contributed by atoms with Crippen LogP contribution in [-0.2, 0) is 17.6 Å². The van der Waals surface area contributed by atoms with Crippen molar-refractivity contribution in [2.45, 2.75) is 32.6 Å². The molecule has 0 unspecified atom stereocenters. The first kappa shape index (κ1) is 12.6. The fourth-order valence-corrected chi connectivity index (χ4v) is 2.20. The van der Waals surface area contributed by atoms with Gasteiger partial charge in [0, 0.05) is 0 Å². The van der Waals surface area contributed by atoms with E-state index in [0.29, 0.717) is 0 Å². The van der Waals surface area contributed by atoms with Crippen molar-refractivity contribution in [3.05, 3.63) is 34.9 Å². The van der Waals surface area contributed by atoms with Gasteiger partial charge in [-0.05, 0) is 55.4 Å². The van der Waals surface area contributed by atoms with Gasteiger partial charge in [-0.2, -0.15) is 5.10 Å². The van der Waals surface area contributed by atoms with Crippen LogP contribution < -0.4 is 5.43 Å². The van der Waals surface area contributed by atoms with E-state index in [0.717, 1.165) is 17.7 Å². The van der Waals surface area contributed by atoms with E-state index in [2.05, 4.69) is 33.5 Å². The molecule has 0 aromatic heterocycles. The Morgan fingerprint density at radius 3 is 2.72 bits per heavy atom. The first-order valence-corrected chi connectivity index (χ1v) is 6.21. The highest BCUT2D eigenvalue weighted by Crippen LogP contribution is 2.22. The SMILES string of the molecule is COC(=O)N/N=C(\C)c1ccc2c(c1)CCCC2. The molecule has 0 aliphatic heterocycles. The van der Waals surface area contributed by atoms with Crippen LogP contribution in [-0.4, -0.2) is 18.9 Å². The van der Waals surface area contributed by atoms with Gasteiger partial charge in [-0.15, -0.1) is 0 Å². The van der Waals surface area contributed by atoms with Crippen molar-refractivity contribution in [3.8, 4) is 0 Å². The minimum absolute atomic E-state index is 0.549. The second-order valence-electron chi connectivity index (χ2n) is 4.49. The van der Waals surface area contributed by atoms with Gasteiger partial charge in [-0.3, -0.25) is 0 Å². The maximum absolute atomic E-state index is 10.9. The molecule has 0 saturated carbocycles. The van der Waals surface area contributed by atoms with Gasteiger partial charge in [-0.25, -0.2) is 10.2 Å². The summed E-state index contributed by atoms with van der Waals surface area (Å²) < 4.78 is 4.47. The molecule has 1 aliphatic rings. The summed E-state index contributed by atoms with van der Waals surface area (Å²) in [6.07, 6.45) is 4.30. The average molecular weight is 246 g/mol. The molecule has 18 heavy (non-hydrogen) atoms. The fourth-order valence-electron chi connectivity index (χ4n) is 2.20. The Morgan fingerprint density at radius 2 is 2.00 bits per heavy atom. The number of aryl methyl sites for hydroxylation is 2. The number of amides is 1. The van der Waals surface area contributed by atoms with Crippen LogP contribution in [0.25, 0.3) is 0 Å². The third-order valence-corrected chi connectivity index (χ3v) is 3.27. The Labute approximate surface area is 107 Å². The van der Waals surface area contributed by atoms with E-state index in [-0.39, 0.29) is 0 Å². The molecule has 0 radical (unpaired) electrons. The Kier molecular flexibility index (Phi) is 3.97. The van der Waals surface area contributed by atoms with Crippen LogP contribution >= 0.6 is 0 Å². The van der Waals surface area contributed by atoms with Crippen molar-refractivity contribution >= 4 is 11.8 Å². The summed E-state index contributed by atoms with van der Waals surface area (Å²) in [6.45, 7) is 1.88. The molecule has 1 aromatic rings. The van der Waals surface area contributed by atoms with Crippen LogP contribution in [0.5, 0.6) is 0 Å². The zero-order valence-corrected chi connectivity index (χ0v) is 10.8. The fraction of sp³-hybridized carbons (Fsp3) is 0.429. The summed E-state index contributed by atoms with van der Waals surface area (Å²) in [5, 5.41) is 4.01. The number of methoxy groups -OCH3 is 1. The van der Waals surface area contributed by atoms with Crippen LogP contribution in [0.3, 0.4) is 0 Å². The molecule has 1 amide bonds. The van der Waals surface area contributed by atoms with Crippen molar-refractivity contribution in [1.29, 1.82) is 0 Å². The number of carbonyl (C=O) groups excluding carboxylic acids is 1. The Hall–Kier alpha value is -1.84. The molecule has 4 nitrogen and oxygen atoms in total. The van der Waals surface area contributed by atoms with Gasteiger partial charge >= 0.3 is 6.09 Å². The van der Waals surface area contributed by atoms with Gasteiger partial charge in [0.1, 0.15) is 0 Å². The number of carbonyl (C=O) groups is 1. The Balaban J connectivity index is 2.15. The number of hydrogen-bond acceptors (Lipinski definition) is 3. The highest BCUT2D eigenvalue weighted by atomic mass is 16.5. The largest absolute Gasteiger partial charge is 0.452 e. The minimum Gasteiger partial charge on any atom is -0.452 e. The second-order valence-corrected chi connectivity index (χ2v) is 4.49. The highest BCUT2D eigenvalue weighted by Gasteiger charge is 2.10. The van der Waals surface area contributed by atoms with E-state index >= 15 is 0 Å². The first-order valence-electron chi connectivity index (χ1n) is 6.21. The van der Waals surface area contributed by atoms with Crippen LogP contribution in [0, 0.1) is 0 Å². The normalized spacial score (nSPS) is 14.9. The molecule has 0 saturated heterocycles. The molecule has 0 spiro atoms. The quantitative estimate of drug-likeness (QED) is 0.644. The molecule has 0 fully saturated rings. The molecule has 0 atom stereocenters. The maximum atomic E-state index is 10.9. The van der Waals surface area contributed by atoms with E-state index in [9.17, 15) is 4.79 Å². The summed E-state index contributed by atoms with van der Waals surface area (Å²) in [5.41, 5.74) is 7.02. The number of fused-ring (bicyclic) bond motifs is 1. The number of hydrazone groups is 1. The first-order chi connectivity index (χ1) is 8.70. The number of benzene rings is 1. The average Bonchev–Trinajstić information content (AvgIpc) is 2.43. The molecular weight excluding hydrogens is 228 g/mol. The second kappa shape index (κ2) is 5.67. The number of nitrogens with one attached hydrogen (secondary N) is 1.